The second-order valence-corrected chi connectivity index (χ2v) is 2.78. The van der Waals surface area contributed by atoms with Gasteiger partial charge in [0.15, 0.2) is 5.78 Å². The lowest BCUT2D eigenvalue weighted by molar-refractivity contribution is -0.115. The summed E-state index contributed by atoms with van der Waals surface area (Å²) in [7, 11) is 0. The fraction of sp³-hybridized carbons (Fsp3) is 0.250. The van der Waals surface area contributed by atoms with Crippen LogP contribution in [-0.4, -0.2) is 22.0 Å². The topological polar surface area (TPSA) is 57.8 Å². The molecule has 1 heterocycles. The van der Waals surface area contributed by atoms with E-state index in [0.717, 1.165) is 5.69 Å². The Labute approximate surface area is 81.1 Å². The van der Waals surface area contributed by atoms with Crippen LogP contribution in [0, 0.1) is 0 Å². The third kappa shape index (κ3) is 3.01. The number of halogens is 1. The number of hydrogen-bond donors (Lipinski definition) is 2. The van der Waals surface area contributed by atoms with Crippen molar-refractivity contribution in [1.29, 1.82) is 0 Å². The Hall–Kier alpha value is -1.13. The highest BCUT2D eigenvalue weighted by molar-refractivity contribution is 6.15. The Balaban J connectivity index is 2.54. The van der Waals surface area contributed by atoms with E-state index < -0.39 is 0 Å². The van der Waals surface area contributed by atoms with Crippen LogP contribution in [0.2, 0.25) is 0 Å². The first-order chi connectivity index (χ1) is 6.24. The summed E-state index contributed by atoms with van der Waals surface area (Å²) >= 11 is 5.28. The van der Waals surface area contributed by atoms with Crippen LogP contribution < -0.4 is 4.84 Å². The Morgan fingerprint density at radius 1 is 1.85 bits per heavy atom. The van der Waals surface area contributed by atoms with Gasteiger partial charge >= 0.3 is 0 Å². The lowest BCUT2D eigenvalue weighted by Crippen LogP contribution is -2.25. The molecule has 13 heavy (non-hydrogen) atoms. The van der Waals surface area contributed by atoms with Crippen LogP contribution in [0.25, 0.3) is 6.08 Å². The maximum Gasteiger partial charge on any atom is 0.173 e. The molecule has 1 aromatic heterocycles. The number of aromatic amines is 1. The first-order valence-corrected chi connectivity index (χ1v) is 4.19. The van der Waals surface area contributed by atoms with Gasteiger partial charge in [-0.25, -0.2) is 4.84 Å². The molecule has 1 rings (SSSR count). The average molecular weight is 200 g/mol. The number of nitrogens with one attached hydrogen (secondary N) is 2. The van der Waals surface area contributed by atoms with Crippen LogP contribution in [0.3, 0.4) is 0 Å². The molecule has 0 bridgehead atoms. The Bertz CT molecular complexity index is 294. The summed E-state index contributed by atoms with van der Waals surface area (Å²) in [4.78, 5) is 13.5. The molecule has 0 aromatic carbocycles. The van der Waals surface area contributed by atoms with Crippen molar-refractivity contribution >= 4 is 23.6 Å². The number of carbonyl (C=O) groups is 1. The molecule has 0 saturated carbocycles. The van der Waals surface area contributed by atoms with Crippen molar-refractivity contribution in [1.82, 2.24) is 15.0 Å². The highest BCUT2D eigenvalue weighted by Crippen LogP contribution is 1.96. The van der Waals surface area contributed by atoms with Gasteiger partial charge in [0.1, 0.15) is 0 Å². The minimum atomic E-state index is -0.378. The number of H-pyrrole nitrogens is 1. The first kappa shape index (κ1) is 9.95. The van der Waals surface area contributed by atoms with Crippen molar-refractivity contribution in [2.24, 2.45) is 0 Å². The first-order valence-electron chi connectivity index (χ1n) is 3.82. The summed E-state index contributed by atoms with van der Waals surface area (Å²) in [5.41, 5.74) is 0.718. The molecule has 0 fully saturated rings. The zero-order valence-electron chi connectivity index (χ0n) is 7.12. The Morgan fingerprint density at radius 3 is 3.15 bits per heavy atom. The van der Waals surface area contributed by atoms with Crippen molar-refractivity contribution in [3.8, 4) is 0 Å². The predicted molar refractivity (Wildman–Crippen MR) is 51.1 cm³/mol. The predicted octanol–water partition coefficient (Wildman–Crippen LogP) is 1.12. The van der Waals surface area contributed by atoms with Gasteiger partial charge in [0.05, 0.1) is 11.7 Å². The lowest BCUT2D eigenvalue weighted by Gasteiger charge is -2.01. The highest BCUT2D eigenvalue weighted by atomic mass is 35.5. The van der Waals surface area contributed by atoms with Crippen LogP contribution in [0.5, 0.6) is 0 Å². The molecule has 5 heteroatoms. The molecule has 0 radical (unpaired) electrons. The molecule has 0 aliphatic heterocycles. The molecular formula is C8H10ClN3O. The van der Waals surface area contributed by atoms with Gasteiger partial charge in [-0.2, -0.15) is 5.10 Å². The van der Waals surface area contributed by atoms with Crippen LogP contribution in [0.4, 0.5) is 0 Å². The molecule has 4 nitrogen and oxygen atoms in total. The van der Waals surface area contributed by atoms with E-state index in [4.69, 9.17) is 11.8 Å². The quantitative estimate of drug-likeness (QED) is 0.565. The minimum Gasteiger partial charge on any atom is -0.293 e. The third-order valence-corrected chi connectivity index (χ3v) is 1.86. The summed E-state index contributed by atoms with van der Waals surface area (Å²) in [6.07, 6.45) is 4.76. The molecule has 0 spiro atoms. The van der Waals surface area contributed by atoms with E-state index in [-0.39, 0.29) is 11.8 Å². The standard InChI is InChI=1S/C8H10ClN3O/c1-6(11-9)8(13)3-2-7-4-5-10-12-7/h2-6,11H,1H3,(H,10,12)/b3-2+/t6-/m0/s1. The molecule has 1 atom stereocenters. The highest BCUT2D eigenvalue weighted by Gasteiger charge is 2.06. The molecule has 70 valence electrons. The average Bonchev–Trinajstić information content (AvgIpc) is 2.65. The van der Waals surface area contributed by atoms with Crippen molar-refractivity contribution in [2.45, 2.75) is 13.0 Å². The lowest BCUT2D eigenvalue weighted by atomic mass is 10.2. The van der Waals surface area contributed by atoms with Gasteiger partial charge in [-0.3, -0.25) is 9.89 Å². The van der Waals surface area contributed by atoms with E-state index >= 15 is 0 Å². The zero-order valence-corrected chi connectivity index (χ0v) is 7.88. The van der Waals surface area contributed by atoms with Crippen LogP contribution in [0.1, 0.15) is 12.6 Å². The van der Waals surface area contributed by atoms with Gasteiger partial charge in [-0.1, -0.05) is 0 Å². The summed E-state index contributed by atoms with van der Waals surface area (Å²) in [6.45, 7) is 1.68. The van der Waals surface area contributed by atoms with E-state index in [9.17, 15) is 4.79 Å². The van der Waals surface area contributed by atoms with Gasteiger partial charge in [-0.05, 0) is 36.9 Å². The van der Waals surface area contributed by atoms with Crippen LogP contribution in [0.15, 0.2) is 18.3 Å². The molecule has 0 aliphatic rings. The summed E-state index contributed by atoms with van der Waals surface area (Å²) in [6, 6.07) is 1.39. The molecule has 1 aromatic rings. The fourth-order valence-electron chi connectivity index (χ4n) is 0.730. The van der Waals surface area contributed by atoms with Gasteiger partial charge < -0.3 is 0 Å². The van der Waals surface area contributed by atoms with Gasteiger partial charge in [0, 0.05) is 6.20 Å². The zero-order chi connectivity index (χ0) is 9.68. The van der Waals surface area contributed by atoms with Crippen LogP contribution in [-0.2, 0) is 4.79 Å². The summed E-state index contributed by atoms with van der Waals surface area (Å²) in [5.74, 6) is -0.0852. The van der Waals surface area contributed by atoms with Crippen molar-refractivity contribution in [3.05, 3.63) is 24.0 Å². The monoisotopic (exact) mass is 199 g/mol. The number of ketones is 1. The van der Waals surface area contributed by atoms with E-state index in [1.54, 1.807) is 25.3 Å². The largest absolute Gasteiger partial charge is 0.293 e. The number of rotatable bonds is 4. The molecule has 0 saturated heterocycles. The maximum atomic E-state index is 11.2. The number of hydrogen-bond acceptors (Lipinski definition) is 3. The van der Waals surface area contributed by atoms with Crippen molar-refractivity contribution in [3.63, 3.8) is 0 Å². The number of carbonyl (C=O) groups excluding carboxylic acids is 1. The van der Waals surface area contributed by atoms with Crippen molar-refractivity contribution < 1.29 is 4.79 Å². The molecular weight excluding hydrogens is 190 g/mol. The summed E-state index contributed by atoms with van der Waals surface area (Å²) in [5, 5.41) is 6.50. The van der Waals surface area contributed by atoms with Gasteiger partial charge in [-0.15, -0.1) is 0 Å². The van der Waals surface area contributed by atoms with Gasteiger partial charge in [0.2, 0.25) is 0 Å². The fourth-order valence-corrected chi connectivity index (χ4v) is 0.838. The van der Waals surface area contributed by atoms with Crippen molar-refractivity contribution in [2.75, 3.05) is 0 Å². The minimum absolute atomic E-state index is 0.0852. The molecule has 2 N–H and O–H groups in total. The Kier molecular flexibility index (Phi) is 3.67. The van der Waals surface area contributed by atoms with E-state index in [1.165, 1.54) is 6.08 Å². The van der Waals surface area contributed by atoms with Gasteiger partial charge in [0.25, 0.3) is 0 Å². The van der Waals surface area contributed by atoms with Crippen LogP contribution >= 0.6 is 11.8 Å². The normalized spacial score (nSPS) is 13.4. The summed E-state index contributed by atoms with van der Waals surface area (Å²) < 4.78 is 0. The second kappa shape index (κ2) is 4.79. The van der Waals surface area contributed by atoms with E-state index in [2.05, 4.69) is 15.0 Å². The molecule has 0 aliphatic carbocycles. The SMILES string of the molecule is C[C@H](NCl)C(=O)/C=C/c1cc[nH]n1. The molecule has 0 unspecified atom stereocenters. The third-order valence-electron chi connectivity index (χ3n) is 1.53. The van der Waals surface area contributed by atoms with E-state index in [1.807, 2.05) is 0 Å². The van der Waals surface area contributed by atoms with E-state index in [0.29, 0.717) is 0 Å². The Morgan fingerprint density at radius 2 is 2.62 bits per heavy atom. The molecule has 0 amide bonds. The number of nitrogens with zero attached hydrogens (tertiary/aromatic N) is 1. The number of aromatic nitrogens is 2. The maximum absolute atomic E-state index is 11.2. The second-order valence-electron chi connectivity index (χ2n) is 2.57. The smallest absolute Gasteiger partial charge is 0.173 e.